The number of nitrogens with one attached hydrogen (secondary N) is 1. The number of benzene rings is 1. The number of nitrogens with zero attached hydrogens (tertiary/aromatic N) is 1. The number of aliphatic carboxylic acids is 1. The van der Waals surface area contributed by atoms with Crippen LogP contribution in [-0.4, -0.2) is 43.7 Å². The minimum absolute atomic E-state index is 0.0450. The molecular formula is C18H25N2O5S-. The van der Waals surface area contributed by atoms with Crippen LogP contribution in [0.25, 0.3) is 0 Å². The Morgan fingerprint density at radius 2 is 1.96 bits per heavy atom. The van der Waals surface area contributed by atoms with Crippen LogP contribution in [-0.2, 0) is 19.6 Å². The van der Waals surface area contributed by atoms with Gasteiger partial charge in [0.15, 0.2) is 0 Å². The van der Waals surface area contributed by atoms with Crippen LogP contribution in [0.15, 0.2) is 35.2 Å². The number of hydrogen-bond donors (Lipinski definition) is 1. The molecule has 0 radical (unpaired) electrons. The Balaban J connectivity index is 2.10. The molecule has 0 spiro atoms. The zero-order valence-corrected chi connectivity index (χ0v) is 15.9. The van der Waals surface area contributed by atoms with E-state index in [-0.39, 0.29) is 17.4 Å². The van der Waals surface area contributed by atoms with Crippen molar-refractivity contribution in [2.24, 2.45) is 11.8 Å². The first kappa shape index (κ1) is 20.4. The third-order valence-corrected chi connectivity index (χ3v) is 6.78. The summed E-state index contributed by atoms with van der Waals surface area (Å²) in [7, 11) is -3.67. The van der Waals surface area contributed by atoms with Crippen molar-refractivity contribution in [1.29, 1.82) is 0 Å². The number of carboxylic acids is 1. The molecule has 0 aromatic heterocycles. The molecule has 144 valence electrons. The third kappa shape index (κ3) is 4.62. The SMILES string of the molecule is CC[C@@H](C)[C@H](NC(=O)[C@H]1CCCN(S(=O)(=O)c2ccccc2)C1)C(=O)[O-]. The number of carbonyl (C=O) groups excluding carboxylic acids is 2. The maximum atomic E-state index is 12.7. The molecule has 7 nitrogen and oxygen atoms in total. The largest absolute Gasteiger partial charge is 0.548 e. The first-order valence-corrected chi connectivity index (χ1v) is 10.3. The van der Waals surface area contributed by atoms with Crippen molar-refractivity contribution < 1.29 is 23.1 Å². The maximum absolute atomic E-state index is 12.7. The van der Waals surface area contributed by atoms with Gasteiger partial charge >= 0.3 is 0 Å². The zero-order valence-electron chi connectivity index (χ0n) is 15.1. The summed E-state index contributed by atoms with van der Waals surface area (Å²) < 4.78 is 26.8. The summed E-state index contributed by atoms with van der Waals surface area (Å²) in [4.78, 5) is 24.0. The standard InChI is InChI=1S/C18H26N2O5S/c1-3-13(2)16(18(22)23)19-17(21)14-8-7-11-20(12-14)26(24,25)15-9-5-4-6-10-15/h4-6,9-10,13-14,16H,3,7-8,11-12H2,1-2H3,(H,19,21)(H,22,23)/p-1/t13-,14+,16+/m1/s1. The van der Waals surface area contributed by atoms with Crippen molar-refractivity contribution in [3.8, 4) is 0 Å². The van der Waals surface area contributed by atoms with Crippen LogP contribution >= 0.6 is 0 Å². The van der Waals surface area contributed by atoms with Crippen LogP contribution in [0, 0.1) is 11.8 Å². The first-order valence-electron chi connectivity index (χ1n) is 8.83. The quantitative estimate of drug-likeness (QED) is 0.734. The molecule has 1 aromatic rings. The molecule has 0 aliphatic carbocycles. The Morgan fingerprint density at radius 1 is 1.31 bits per heavy atom. The van der Waals surface area contributed by atoms with E-state index >= 15 is 0 Å². The Morgan fingerprint density at radius 3 is 2.54 bits per heavy atom. The Kier molecular flexibility index (Phi) is 6.77. The van der Waals surface area contributed by atoms with Crippen molar-refractivity contribution in [3.63, 3.8) is 0 Å². The van der Waals surface area contributed by atoms with Crippen LogP contribution < -0.4 is 10.4 Å². The van der Waals surface area contributed by atoms with E-state index in [9.17, 15) is 23.1 Å². The average molecular weight is 381 g/mol. The molecule has 26 heavy (non-hydrogen) atoms. The maximum Gasteiger partial charge on any atom is 0.243 e. The van der Waals surface area contributed by atoms with Gasteiger partial charge in [0.25, 0.3) is 0 Å². The minimum atomic E-state index is -3.67. The molecule has 1 aromatic carbocycles. The normalized spacial score (nSPS) is 20.9. The molecule has 1 fully saturated rings. The van der Waals surface area contributed by atoms with E-state index in [1.807, 2.05) is 6.92 Å². The van der Waals surface area contributed by atoms with E-state index in [0.717, 1.165) is 0 Å². The molecule has 3 atom stereocenters. The van der Waals surface area contributed by atoms with Gasteiger partial charge in [0.1, 0.15) is 0 Å². The summed E-state index contributed by atoms with van der Waals surface area (Å²) >= 11 is 0. The molecule has 1 aliphatic rings. The summed E-state index contributed by atoms with van der Waals surface area (Å²) in [6, 6.07) is 7.01. The van der Waals surface area contributed by atoms with Crippen molar-refractivity contribution in [2.45, 2.75) is 44.0 Å². The van der Waals surface area contributed by atoms with E-state index in [4.69, 9.17) is 0 Å². The second-order valence-corrected chi connectivity index (χ2v) is 8.64. The van der Waals surface area contributed by atoms with E-state index in [1.165, 1.54) is 16.4 Å². The minimum Gasteiger partial charge on any atom is -0.548 e. The number of rotatable bonds is 7. The fourth-order valence-corrected chi connectivity index (χ4v) is 4.60. The Bertz CT molecular complexity index is 735. The van der Waals surface area contributed by atoms with Gasteiger partial charge in [-0.2, -0.15) is 4.31 Å². The number of piperidine rings is 1. The molecule has 1 heterocycles. The van der Waals surface area contributed by atoms with Gasteiger partial charge in [-0.1, -0.05) is 38.5 Å². The van der Waals surface area contributed by atoms with Gasteiger partial charge < -0.3 is 15.2 Å². The van der Waals surface area contributed by atoms with Gasteiger partial charge in [-0.15, -0.1) is 0 Å². The highest BCUT2D eigenvalue weighted by atomic mass is 32.2. The van der Waals surface area contributed by atoms with Crippen molar-refractivity contribution >= 4 is 21.9 Å². The fourth-order valence-electron chi connectivity index (χ4n) is 3.06. The molecule has 1 aliphatic heterocycles. The molecule has 0 saturated carbocycles. The number of amides is 1. The van der Waals surface area contributed by atoms with Crippen molar-refractivity contribution in [3.05, 3.63) is 30.3 Å². The smallest absolute Gasteiger partial charge is 0.243 e. The van der Waals surface area contributed by atoms with Gasteiger partial charge in [-0.3, -0.25) is 4.79 Å². The van der Waals surface area contributed by atoms with Gasteiger partial charge in [-0.05, 0) is 30.9 Å². The number of hydrogen-bond acceptors (Lipinski definition) is 5. The number of sulfonamides is 1. The summed E-state index contributed by atoms with van der Waals surface area (Å²) in [5.74, 6) is -2.60. The highest BCUT2D eigenvalue weighted by molar-refractivity contribution is 7.89. The van der Waals surface area contributed by atoms with Crippen molar-refractivity contribution in [1.82, 2.24) is 9.62 Å². The average Bonchev–Trinajstić information content (AvgIpc) is 2.65. The van der Waals surface area contributed by atoms with E-state index in [2.05, 4.69) is 5.32 Å². The molecule has 1 saturated heterocycles. The molecule has 2 rings (SSSR count). The second kappa shape index (κ2) is 8.64. The van der Waals surface area contributed by atoms with Crippen LogP contribution in [0.4, 0.5) is 0 Å². The topological polar surface area (TPSA) is 107 Å². The highest BCUT2D eigenvalue weighted by Crippen LogP contribution is 2.24. The van der Waals surface area contributed by atoms with Crippen LogP contribution in [0.3, 0.4) is 0 Å². The molecule has 8 heteroatoms. The molecule has 0 unspecified atom stereocenters. The fraction of sp³-hybridized carbons (Fsp3) is 0.556. The van der Waals surface area contributed by atoms with E-state index < -0.39 is 33.9 Å². The lowest BCUT2D eigenvalue weighted by molar-refractivity contribution is -0.309. The zero-order chi connectivity index (χ0) is 19.3. The summed E-state index contributed by atoms with van der Waals surface area (Å²) in [5.41, 5.74) is 0. The highest BCUT2D eigenvalue weighted by Gasteiger charge is 2.34. The van der Waals surface area contributed by atoms with Crippen LogP contribution in [0.2, 0.25) is 0 Å². The van der Waals surface area contributed by atoms with Gasteiger partial charge in [0.2, 0.25) is 15.9 Å². The van der Waals surface area contributed by atoms with Gasteiger partial charge in [0.05, 0.1) is 22.8 Å². The lowest BCUT2D eigenvalue weighted by Gasteiger charge is -2.33. The van der Waals surface area contributed by atoms with Gasteiger partial charge in [-0.25, -0.2) is 8.42 Å². The van der Waals surface area contributed by atoms with E-state index in [0.29, 0.717) is 25.8 Å². The van der Waals surface area contributed by atoms with Crippen LogP contribution in [0.1, 0.15) is 33.1 Å². The van der Waals surface area contributed by atoms with Gasteiger partial charge in [0, 0.05) is 13.1 Å². The lowest BCUT2D eigenvalue weighted by Crippen LogP contribution is -2.54. The van der Waals surface area contributed by atoms with Crippen molar-refractivity contribution in [2.75, 3.05) is 13.1 Å². The molecule has 1 amide bonds. The van der Waals surface area contributed by atoms with E-state index in [1.54, 1.807) is 25.1 Å². The molecule has 1 N–H and O–H groups in total. The third-order valence-electron chi connectivity index (χ3n) is 4.90. The predicted molar refractivity (Wildman–Crippen MR) is 94.3 cm³/mol. The summed E-state index contributed by atoms with van der Waals surface area (Å²) in [6.45, 7) is 3.95. The first-order chi connectivity index (χ1) is 12.3. The lowest BCUT2D eigenvalue weighted by atomic mass is 9.95. The van der Waals surface area contributed by atoms with Crippen LogP contribution in [0.5, 0.6) is 0 Å². The Labute approximate surface area is 154 Å². The predicted octanol–water partition coefficient (Wildman–Crippen LogP) is 0.368. The Hall–Kier alpha value is -1.93. The molecule has 0 bridgehead atoms. The number of carboxylic acid groups (broad SMARTS) is 1. The monoisotopic (exact) mass is 381 g/mol. The number of carbonyl (C=O) groups is 2. The second-order valence-electron chi connectivity index (χ2n) is 6.71. The molecular weight excluding hydrogens is 356 g/mol. The summed E-state index contributed by atoms with van der Waals surface area (Å²) in [6.07, 6.45) is 1.65. The summed E-state index contributed by atoms with van der Waals surface area (Å²) in [5, 5.41) is 13.8.